The van der Waals surface area contributed by atoms with Crippen LogP contribution in [0.5, 0.6) is 0 Å². The normalized spacial score (nSPS) is 14.8. The molecule has 1 aliphatic heterocycles. The van der Waals surface area contributed by atoms with E-state index in [4.69, 9.17) is 10.8 Å². The van der Waals surface area contributed by atoms with Gasteiger partial charge in [0.25, 0.3) is 5.91 Å². The molecule has 0 bridgehead atoms. The number of fused-ring (bicyclic) bond motifs is 1. The van der Waals surface area contributed by atoms with Crippen LogP contribution in [-0.2, 0) is 9.59 Å². The standard InChI is InChI=1S/C26H26N4O3/c1-30(26(33)21(27)15-16-31)19-13-11-18(12-14-19)28-24(17-7-3-2-4-8-17)23-20-9-5-6-10-22(20)29-25(23)32/h2-14,21,28,31H,15-16,27H2,1H3,(H,29,32). The van der Waals surface area contributed by atoms with Crippen molar-refractivity contribution in [3.05, 3.63) is 90.0 Å². The molecule has 33 heavy (non-hydrogen) atoms. The van der Waals surface area contributed by atoms with Crippen molar-refractivity contribution in [1.29, 1.82) is 0 Å². The highest BCUT2D eigenvalue weighted by Crippen LogP contribution is 2.37. The predicted molar refractivity (Wildman–Crippen MR) is 131 cm³/mol. The number of carbonyl (C=O) groups excluding carboxylic acids is 2. The Morgan fingerprint density at radius 3 is 2.39 bits per heavy atom. The summed E-state index contributed by atoms with van der Waals surface area (Å²) in [6.07, 6.45) is 0.209. The second-order valence-corrected chi connectivity index (χ2v) is 7.80. The Labute approximate surface area is 192 Å². The van der Waals surface area contributed by atoms with E-state index in [0.717, 1.165) is 22.5 Å². The number of nitrogens with zero attached hydrogens (tertiary/aromatic N) is 1. The van der Waals surface area contributed by atoms with Gasteiger partial charge in [-0.05, 0) is 42.3 Å². The van der Waals surface area contributed by atoms with Gasteiger partial charge in [0.05, 0.1) is 17.3 Å². The Hall–Kier alpha value is -3.94. The third-order valence-electron chi connectivity index (χ3n) is 5.60. The number of hydrogen-bond acceptors (Lipinski definition) is 5. The fourth-order valence-electron chi connectivity index (χ4n) is 3.80. The Morgan fingerprint density at radius 1 is 1.03 bits per heavy atom. The molecule has 0 spiro atoms. The third-order valence-corrected chi connectivity index (χ3v) is 5.60. The molecule has 4 rings (SSSR count). The lowest BCUT2D eigenvalue weighted by molar-refractivity contribution is -0.119. The summed E-state index contributed by atoms with van der Waals surface area (Å²) in [4.78, 5) is 26.8. The zero-order valence-electron chi connectivity index (χ0n) is 18.3. The highest BCUT2D eigenvalue weighted by Gasteiger charge is 2.28. The van der Waals surface area contributed by atoms with E-state index in [1.807, 2.05) is 78.9 Å². The van der Waals surface area contributed by atoms with Crippen molar-refractivity contribution < 1.29 is 14.7 Å². The van der Waals surface area contributed by atoms with E-state index in [0.29, 0.717) is 17.0 Å². The topological polar surface area (TPSA) is 108 Å². The van der Waals surface area contributed by atoms with Gasteiger partial charge in [-0.3, -0.25) is 9.59 Å². The van der Waals surface area contributed by atoms with Gasteiger partial charge in [-0.15, -0.1) is 0 Å². The molecule has 0 fully saturated rings. The molecule has 0 radical (unpaired) electrons. The van der Waals surface area contributed by atoms with Gasteiger partial charge in [-0.1, -0.05) is 48.5 Å². The van der Waals surface area contributed by atoms with Crippen LogP contribution in [0.15, 0.2) is 78.9 Å². The molecule has 168 valence electrons. The van der Waals surface area contributed by atoms with Crippen LogP contribution in [0.25, 0.3) is 11.3 Å². The highest BCUT2D eigenvalue weighted by molar-refractivity contribution is 6.37. The zero-order valence-corrected chi connectivity index (χ0v) is 18.3. The minimum Gasteiger partial charge on any atom is -0.396 e. The number of amides is 2. The van der Waals surface area contributed by atoms with Crippen LogP contribution >= 0.6 is 0 Å². The molecule has 0 aromatic heterocycles. The van der Waals surface area contributed by atoms with Crippen molar-refractivity contribution in [3.63, 3.8) is 0 Å². The summed E-state index contributed by atoms with van der Waals surface area (Å²) < 4.78 is 0. The number of likely N-dealkylation sites (N-methyl/N-ethyl adjacent to an activating group) is 1. The lowest BCUT2D eigenvalue weighted by Crippen LogP contribution is -2.42. The van der Waals surface area contributed by atoms with Crippen molar-refractivity contribution in [2.45, 2.75) is 12.5 Å². The van der Waals surface area contributed by atoms with E-state index >= 15 is 0 Å². The van der Waals surface area contributed by atoms with E-state index in [9.17, 15) is 9.59 Å². The number of rotatable bonds is 7. The predicted octanol–water partition coefficient (Wildman–Crippen LogP) is 3.29. The summed E-state index contributed by atoms with van der Waals surface area (Å²) in [5.74, 6) is -0.432. The fourth-order valence-corrected chi connectivity index (χ4v) is 3.80. The average Bonchev–Trinajstić information content (AvgIpc) is 3.18. The number of benzene rings is 3. The fraction of sp³-hybridized carbons (Fsp3) is 0.154. The number of nitrogens with one attached hydrogen (secondary N) is 2. The van der Waals surface area contributed by atoms with E-state index in [1.165, 1.54) is 4.90 Å². The average molecular weight is 443 g/mol. The molecule has 0 saturated carbocycles. The first-order valence-electron chi connectivity index (χ1n) is 10.7. The van der Waals surface area contributed by atoms with Gasteiger partial charge in [0.2, 0.25) is 5.91 Å². The minimum absolute atomic E-state index is 0.142. The molecule has 1 heterocycles. The molecule has 1 unspecified atom stereocenters. The van der Waals surface area contributed by atoms with E-state index in [-0.39, 0.29) is 24.8 Å². The van der Waals surface area contributed by atoms with Crippen LogP contribution in [0.1, 0.15) is 17.5 Å². The highest BCUT2D eigenvalue weighted by atomic mass is 16.3. The van der Waals surface area contributed by atoms with Gasteiger partial charge in [0, 0.05) is 36.3 Å². The molecule has 5 N–H and O–H groups in total. The van der Waals surface area contributed by atoms with E-state index < -0.39 is 6.04 Å². The summed E-state index contributed by atoms with van der Waals surface area (Å²) >= 11 is 0. The van der Waals surface area contributed by atoms with Crippen molar-refractivity contribution in [2.75, 3.05) is 29.2 Å². The Morgan fingerprint density at radius 2 is 1.70 bits per heavy atom. The second kappa shape index (κ2) is 9.68. The molecule has 1 atom stereocenters. The summed E-state index contributed by atoms with van der Waals surface area (Å²) in [6.45, 7) is -0.142. The van der Waals surface area contributed by atoms with E-state index in [2.05, 4.69) is 10.6 Å². The van der Waals surface area contributed by atoms with Crippen LogP contribution in [0.2, 0.25) is 0 Å². The summed E-state index contributed by atoms with van der Waals surface area (Å²) in [5, 5.41) is 15.4. The quantitative estimate of drug-likeness (QED) is 0.420. The first-order chi connectivity index (χ1) is 16.0. The van der Waals surface area contributed by atoms with E-state index in [1.54, 1.807) is 7.05 Å². The van der Waals surface area contributed by atoms with Gasteiger partial charge < -0.3 is 26.4 Å². The van der Waals surface area contributed by atoms with Crippen LogP contribution < -0.4 is 21.3 Å². The van der Waals surface area contributed by atoms with Gasteiger partial charge in [0.15, 0.2) is 0 Å². The monoisotopic (exact) mass is 442 g/mol. The smallest absolute Gasteiger partial charge is 0.258 e. The first kappa shape index (κ1) is 22.3. The largest absolute Gasteiger partial charge is 0.396 e. The van der Waals surface area contributed by atoms with Crippen LogP contribution in [-0.4, -0.2) is 36.6 Å². The van der Waals surface area contributed by atoms with Gasteiger partial charge in [-0.2, -0.15) is 0 Å². The number of aliphatic hydroxyl groups is 1. The molecular formula is C26H26N4O3. The molecule has 0 saturated heterocycles. The molecule has 1 aliphatic rings. The molecular weight excluding hydrogens is 416 g/mol. The van der Waals surface area contributed by atoms with Gasteiger partial charge >= 0.3 is 0 Å². The summed E-state index contributed by atoms with van der Waals surface area (Å²) in [6, 6.07) is 23.8. The Kier molecular flexibility index (Phi) is 6.53. The Balaban J connectivity index is 1.67. The van der Waals surface area contributed by atoms with Crippen LogP contribution in [0, 0.1) is 0 Å². The molecule has 3 aromatic carbocycles. The molecule has 7 heteroatoms. The van der Waals surface area contributed by atoms with Crippen molar-refractivity contribution in [1.82, 2.24) is 0 Å². The second-order valence-electron chi connectivity index (χ2n) is 7.80. The number of para-hydroxylation sites is 1. The third kappa shape index (κ3) is 4.64. The maximum absolute atomic E-state index is 12.9. The summed E-state index contributed by atoms with van der Waals surface area (Å²) in [5.41, 5.74) is 11.1. The van der Waals surface area contributed by atoms with Gasteiger partial charge in [-0.25, -0.2) is 0 Å². The molecule has 0 aliphatic carbocycles. The lowest BCUT2D eigenvalue weighted by atomic mass is 10.00. The van der Waals surface area contributed by atoms with Crippen molar-refractivity contribution >= 4 is 40.1 Å². The number of anilines is 3. The van der Waals surface area contributed by atoms with Crippen LogP contribution in [0.4, 0.5) is 17.1 Å². The lowest BCUT2D eigenvalue weighted by Gasteiger charge is -2.21. The number of carbonyl (C=O) groups is 2. The van der Waals surface area contributed by atoms with Crippen molar-refractivity contribution in [2.24, 2.45) is 5.73 Å². The number of hydrogen-bond donors (Lipinski definition) is 4. The molecule has 7 nitrogen and oxygen atoms in total. The SMILES string of the molecule is CN(C(=O)C(N)CCO)c1ccc(NC(=C2C(=O)Nc3ccccc32)c2ccccc2)cc1. The number of aliphatic hydroxyl groups excluding tert-OH is 1. The van der Waals surface area contributed by atoms with Gasteiger partial charge in [0.1, 0.15) is 0 Å². The zero-order chi connectivity index (χ0) is 23.4. The first-order valence-corrected chi connectivity index (χ1v) is 10.7. The minimum atomic E-state index is -0.756. The summed E-state index contributed by atoms with van der Waals surface area (Å²) in [7, 11) is 1.65. The maximum Gasteiger partial charge on any atom is 0.258 e. The molecule has 2 amide bonds. The maximum atomic E-state index is 12.9. The van der Waals surface area contributed by atoms with Crippen LogP contribution in [0.3, 0.4) is 0 Å². The number of nitrogens with two attached hydrogens (primary N) is 1. The molecule has 3 aromatic rings. The van der Waals surface area contributed by atoms with Crippen molar-refractivity contribution in [3.8, 4) is 0 Å². The Bertz CT molecular complexity index is 1190.